The molecule has 50 heavy (non-hydrogen) atoms. The second-order valence-electron chi connectivity index (χ2n) is 12.6. The average molecular weight is 692 g/mol. The molecular formula is C38H35ClFN7O3. The number of likely N-dealkylation sites (tertiary alicyclic amines) is 1. The molecule has 0 spiro atoms. The number of rotatable bonds is 8. The molecule has 254 valence electrons. The molecule has 1 aliphatic heterocycles. The number of benzene rings is 4. The summed E-state index contributed by atoms with van der Waals surface area (Å²) in [5.74, 6) is -0.952. The van der Waals surface area contributed by atoms with Gasteiger partial charge in [-0.3, -0.25) is 14.2 Å². The first-order valence-corrected chi connectivity index (χ1v) is 16.8. The molecule has 2 unspecified atom stereocenters. The lowest BCUT2D eigenvalue weighted by molar-refractivity contribution is 0.0689. The molecule has 2 aromatic heterocycles. The third-order valence-corrected chi connectivity index (χ3v) is 9.79. The smallest absolute Gasteiger partial charge is 0.254 e. The summed E-state index contributed by atoms with van der Waals surface area (Å²) in [5.41, 5.74) is 5.09. The quantitative estimate of drug-likeness (QED) is 0.188. The summed E-state index contributed by atoms with van der Waals surface area (Å²) < 4.78 is 18.0. The van der Waals surface area contributed by atoms with Crippen LogP contribution < -0.4 is 0 Å². The summed E-state index contributed by atoms with van der Waals surface area (Å²) in [6, 6.07) is 26.7. The van der Waals surface area contributed by atoms with Gasteiger partial charge >= 0.3 is 0 Å². The Balaban J connectivity index is 0.969. The Hall–Kier alpha value is -5.39. The number of imidazole rings is 1. The van der Waals surface area contributed by atoms with Gasteiger partial charge in [-0.1, -0.05) is 53.2 Å². The molecule has 7 rings (SSSR count). The van der Waals surface area contributed by atoms with Gasteiger partial charge in [-0.25, -0.2) is 14.1 Å². The van der Waals surface area contributed by atoms with Crippen LogP contribution in [0.4, 0.5) is 4.39 Å². The molecule has 0 radical (unpaired) electrons. The van der Waals surface area contributed by atoms with Gasteiger partial charge in [-0.05, 0) is 79.9 Å². The number of para-hydroxylation sites is 2. The van der Waals surface area contributed by atoms with Crippen LogP contribution in [0.1, 0.15) is 75.5 Å². The number of fused-ring (bicyclic) bond motifs is 1. The van der Waals surface area contributed by atoms with E-state index in [0.717, 1.165) is 28.4 Å². The van der Waals surface area contributed by atoms with Crippen LogP contribution in [0.3, 0.4) is 0 Å². The van der Waals surface area contributed by atoms with E-state index in [9.17, 15) is 19.1 Å². The second kappa shape index (κ2) is 13.9. The standard InChI is InChI=1S/C38H35ClFN7O3/c1-24(25-10-13-29(14-11-25)46-23-41-33-8-3-4-9-35(33)46)44(2)37(49)26-6-5-7-27(20-26)38(50)45-18-16-30(17-19-45)47-22-34(42-43-47)36(48)31-15-12-28(39)21-32(31)40/h3-15,20-24,30,36,48H,16-19H2,1-2H3. The summed E-state index contributed by atoms with van der Waals surface area (Å²) in [5, 5.41) is 19.2. The van der Waals surface area contributed by atoms with Gasteiger partial charge in [-0.2, -0.15) is 0 Å². The zero-order valence-electron chi connectivity index (χ0n) is 27.5. The third-order valence-electron chi connectivity index (χ3n) is 9.56. The maximum Gasteiger partial charge on any atom is 0.254 e. The van der Waals surface area contributed by atoms with Crippen molar-refractivity contribution < 1.29 is 19.1 Å². The zero-order valence-corrected chi connectivity index (χ0v) is 28.3. The molecule has 6 aromatic rings. The lowest BCUT2D eigenvalue weighted by atomic mass is 10.0. The van der Waals surface area contributed by atoms with Crippen LogP contribution in [0, 0.1) is 5.82 Å². The van der Waals surface area contributed by atoms with E-state index in [1.807, 2.05) is 66.3 Å². The van der Waals surface area contributed by atoms with Gasteiger partial charge in [0.25, 0.3) is 11.8 Å². The van der Waals surface area contributed by atoms with Crippen molar-refractivity contribution in [3.63, 3.8) is 0 Å². The fourth-order valence-electron chi connectivity index (χ4n) is 6.46. The van der Waals surface area contributed by atoms with E-state index in [-0.39, 0.29) is 40.2 Å². The van der Waals surface area contributed by atoms with Crippen molar-refractivity contribution in [3.8, 4) is 5.69 Å². The first kappa shape index (κ1) is 33.1. The number of nitrogens with zero attached hydrogens (tertiary/aromatic N) is 7. The molecule has 0 saturated carbocycles. The summed E-state index contributed by atoms with van der Waals surface area (Å²) in [6.07, 6.45) is 3.38. The number of aliphatic hydroxyl groups excluding tert-OH is 1. The maximum atomic E-state index is 14.4. The normalized spacial score (nSPS) is 14.9. The lowest BCUT2D eigenvalue weighted by Crippen LogP contribution is -2.39. The number of piperidine rings is 1. The molecule has 12 heteroatoms. The highest BCUT2D eigenvalue weighted by Crippen LogP contribution is 2.29. The Bertz CT molecular complexity index is 2180. The molecule has 1 fully saturated rings. The van der Waals surface area contributed by atoms with Crippen molar-refractivity contribution in [1.82, 2.24) is 34.3 Å². The fraction of sp³-hybridized carbons (Fsp3) is 0.237. The van der Waals surface area contributed by atoms with Crippen LogP contribution in [-0.2, 0) is 0 Å². The van der Waals surface area contributed by atoms with Crippen molar-refractivity contribution in [2.45, 2.75) is 38.0 Å². The van der Waals surface area contributed by atoms with Gasteiger partial charge in [0.15, 0.2) is 0 Å². The van der Waals surface area contributed by atoms with Gasteiger partial charge < -0.3 is 14.9 Å². The molecule has 0 bridgehead atoms. The van der Waals surface area contributed by atoms with E-state index >= 15 is 0 Å². The highest BCUT2D eigenvalue weighted by atomic mass is 35.5. The molecule has 0 aliphatic carbocycles. The monoisotopic (exact) mass is 691 g/mol. The third kappa shape index (κ3) is 6.49. The number of aliphatic hydroxyl groups is 1. The van der Waals surface area contributed by atoms with Crippen molar-refractivity contribution in [3.05, 3.63) is 142 Å². The predicted octanol–water partition coefficient (Wildman–Crippen LogP) is 6.80. The minimum absolute atomic E-state index is 0.0426. The molecule has 1 N–H and O–H groups in total. The minimum Gasteiger partial charge on any atom is -0.382 e. The SMILES string of the molecule is CC(c1ccc(-n2cnc3ccccc32)cc1)N(C)C(=O)c1cccc(C(=O)N2CCC(n3cc(C(O)c4ccc(Cl)cc4F)nn3)CC2)c1. The van der Waals surface area contributed by atoms with E-state index in [1.165, 1.54) is 12.1 Å². The average Bonchev–Trinajstić information content (AvgIpc) is 3.82. The van der Waals surface area contributed by atoms with E-state index in [1.54, 1.807) is 52.0 Å². The van der Waals surface area contributed by atoms with E-state index in [4.69, 9.17) is 11.6 Å². The Morgan fingerprint density at radius 3 is 2.46 bits per heavy atom. The van der Waals surface area contributed by atoms with Crippen LogP contribution in [0.25, 0.3) is 16.7 Å². The molecule has 3 heterocycles. The fourth-order valence-corrected chi connectivity index (χ4v) is 6.62. The van der Waals surface area contributed by atoms with Crippen molar-refractivity contribution in [2.75, 3.05) is 20.1 Å². The van der Waals surface area contributed by atoms with Crippen LogP contribution in [0.5, 0.6) is 0 Å². The van der Waals surface area contributed by atoms with Crippen molar-refractivity contribution in [2.24, 2.45) is 0 Å². The molecule has 4 aromatic carbocycles. The Morgan fingerprint density at radius 2 is 1.70 bits per heavy atom. The molecule has 10 nitrogen and oxygen atoms in total. The Morgan fingerprint density at radius 1 is 0.960 bits per heavy atom. The second-order valence-corrected chi connectivity index (χ2v) is 13.0. The number of halogens is 2. The summed E-state index contributed by atoms with van der Waals surface area (Å²) in [7, 11) is 1.77. The zero-order chi connectivity index (χ0) is 34.9. The largest absolute Gasteiger partial charge is 0.382 e. The number of amides is 2. The van der Waals surface area contributed by atoms with Gasteiger partial charge in [0.2, 0.25) is 0 Å². The molecule has 2 amide bonds. The van der Waals surface area contributed by atoms with E-state index < -0.39 is 11.9 Å². The topological polar surface area (TPSA) is 109 Å². The van der Waals surface area contributed by atoms with Crippen LogP contribution >= 0.6 is 11.6 Å². The van der Waals surface area contributed by atoms with Gasteiger partial charge in [0.1, 0.15) is 23.9 Å². The van der Waals surface area contributed by atoms with E-state index in [2.05, 4.69) is 15.3 Å². The van der Waals surface area contributed by atoms with Gasteiger partial charge in [-0.15, -0.1) is 5.10 Å². The summed E-state index contributed by atoms with van der Waals surface area (Å²) in [6.45, 7) is 2.94. The van der Waals surface area contributed by atoms with Crippen LogP contribution in [0.15, 0.2) is 104 Å². The lowest BCUT2D eigenvalue weighted by Gasteiger charge is -2.32. The number of aromatic nitrogens is 5. The molecule has 2 atom stereocenters. The van der Waals surface area contributed by atoms with Crippen molar-refractivity contribution in [1.29, 1.82) is 0 Å². The first-order valence-electron chi connectivity index (χ1n) is 16.4. The highest BCUT2D eigenvalue weighted by molar-refractivity contribution is 6.30. The molecule has 1 saturated heterocycles. The van der Waals surface area contributed by atoms with Crippen LogP contribution in [0.2, 0.25) is 5.02 Å². The number of carbonyl (C=O) groups excluding carboxylic acids is 2. The van der Waals surface area contributed by atoms with Gasteiger partial charge in [0.05, 0.1) is 29.3 Å². The number of carbonyl (C=O) groups is 2. The molecule has 1 aliphatic rings. The number of hydrogen-bond acceptors (Lipinski definition) is 6. The predicted molar refractivity (Wildman–Crippen MR) is 188 cm³/mol. The van der Waals surface area contributed by atoms with Crippen LogP contribution in [-0.4, -0.2) is 71.4 Å². The Kier molecular flexibility index (Phi) is 9.18. The summed E-state index contributed by atoms with van der Waals surface area (Å²) in [4.78, 5) is 35.1. The first-order chi connectivity index (χ1) is 24.2. The molecular weight excluding hydrogens is 657 g/mol. The Labute approximate surface area is 293 Å². The van der Waals surface area contributed by atoms with Gasteiger partial charge in [0, 0.05) is 47.5 Å². The minimum atomic E-state index is -1.28. The summed E-state index contributed by atoms with van der Waals surface area (Å²) >= 11 is 5.84. The highest BCUT2D eigenvalue weighted by Gasteiger charge is 2.28. The number of hydrogen-bond donors (Lipinski definition) is 1. The maximum absolute atomic E-state index is 14.4. The van der Waals surface area contributed by atoms with E-state index in [0.29, 0.717) is 37.1 Å². The van der Waals surface area contributed by atoms with Crippen molar-refractivity contribution >= 4 is 34.4 Å².